The Morgan fingerprint density at radius 3 is 2.86 bits per heavy atom. The molecule has 2 N–H and O–H groups in total. The number of benzene rings is 1. The Morgan fingerprint density at radius 1 is 1.43 bits per heavy atom. The number of nitrogens with zero attached hydrogens (tertiary/aromatic N) is 1. The molecule has 0 unspecified atom stereocenters. The van der Waals surface area contributed by atoms with Gasteiger partial charge in [0.05, 0.1) is 13.0 Å². The molecule has 1 aromatic carbocycles. The first-order valence-corrected chi connectivity index (χ1v) is 7.59. The summed E-state index contributed by atoms with van der Waals surface area (Å²) < 4.78 is 5.60. The van der Waals surface area contributed by atoms with E-state index in [1.54, 1.807) is 12.1 Å². The normalized spacial score (nSPS) is 14.9. The van der Waals surface area contributed by atoms with E-state index in [9.17, 15) is 4.79 Å². The minimum atomic E-state index is 0.144. The van der Waals surface area contributed by atoms with Crippen LogP contribution in [0.25, 0.3) is 0 Å². The first kappa shape index (κ1) is 15.4. The number of amides is 1. The molecule has 1 fully saturated rings. The Bertz CT molecular complexity index is 481. The Hall–Kier alpha value is -1.97. The van der Waals surface area contributed by atoms with E-state index in [2.05, 4.69) is 6.58 Å². The molecule has 0 aliphatic heterocycles. The lowest BCUT2D eigenvalue weighted by Crippen LogP contribution is -2.39. The van der Waals surface area contributed by atoms with Gasteiger partial charge in [-0.1, -0.05) is 25.0 Å². The van der Waals surface area contributed by atoms with Crippen LogP contribution in [0.15, 0.2) is 36.9 Å². The summed E-state index contributed by atoms with van der Waals surface area (Å²) in [4.78, 5) is 14.3. The maximum atomic E-state index is 12.4. The maximum absolute atomic E-state index is 12.4. The number of nitrogen functional groups attached to an aromatic ring is 1. The third kappa shape index (κ3) is 4.52. The van der Waals surface area contributed by atoms with Crippen LogP contribution in [-0.2, 0) is 4.79 Å². The largest absolute Gasteiger partial charge is 0.493 e. The van der Waals surface area contributed by atoms with Crippen LogP contribution in [0.4, 0.5) is 5.69 Å². The van der Waals surface area contributed by atoms with Crippen molar-refractivity contribution in [1.29, 1.82) is 0 Å². The van der Waals surface area contributed by atoms with Gasteiger partial charge in [-0.2, -0.15) is 0 Å². The topological polar surface area (TPSA) is 55.6 Å². The molecule has 1 aliphatic carbocycles. The zero-order valence-corrected chi connectivity index (χ0v) is 12.5. The van der Waals surface area contributed by atoms with Crippen molar-refractivity contribution in [1.82, 2.24) is 4.90 Å². The fourth-order valence-electron chi connectivity index (χ4n) is 2.81. The van der Waals surface area contributed by atoms with Gasteiger partial charge in [-0.15, -0.1) is 6.58 Å². The quantitative estimate of drug-likeness (QED) is 0.620. The van der Waals surface area contributed by atoms with Crippen LogP contribution < -0.4 is 10.5 Å². The van der Waals surface area contributed by atoms with E-state index in [0.29, 0.717) is 37.1 Å². The van der Waals surface area contributed by atoms with Crippen LogP contribution in [0.3, 0.4) is 0 Å². The van der Waals surface area contributed by atoms with Crippen molar-refractivity contribution in [3.63, 3.8) is 0 Å². The van der Waals surface area contributed by atoms with Crippen molar-refractivity contribution in [2.75, 3.05) is 18.9 Å². The van der Waals surface area contributed by atoms with Crippen LogP contribution in [-0.4, -0.2) is 30.0 Å². The minimum absolute atomic E-state index is 0.144. The predicted octanol–water partition coefficient (Wildman–Crippen LogP) is 2.99. The smallest absolute Gasteiger partial charge is 0.226 e. The molecule has 0 radical (unpaired) electrons. The molecule has 4 nitrogen and oxygen atoms in total. The van der Waals surface area contributed by atoms with Gasteiger partial charge in [0.1, 0.15) is 5.75 Å². The third-order valence-electron chi connectivity index (χ3n) is 3.85. The monoisotopic (exact) mass is 288 g/mol. The van der Waals surface area contributed by atoms with Gasteiger partial charge in [0.2, 0.25) is 5.91 Å². The first-order chi connectivity index (χ1) is 10.2. The number of rotatable bonds is 7. The third-order valence-corrected chi connectivity index (χ3v) is 3.85. The molecule has 114 valence electrons. The number of ether oxygens (including phenoxy) is 1. The van der Waals surface area contributed by atoms with Crippen LogP contribution in [0.1, 0.15) is 32.1 Å². The minimum Gasteiger partial charge on any atom is -0.493 e. The fourth-order valence-corrected chi connectivity index (χ4v) is 2.81. The van der Waals surface area contributed by atoms with Crippen molar-refractivity contribution < 1.29 is 9.53 Å². The molecule has 1 aliphatic rings. The van der Waals surface area contributed by atoms with E-state index in [1.165, 1.54) is 12.8 Å². The lowest BCUT2D eigenvalue weighted by molar-refractivity contribution is -0.133. The number of carbonyl (C=O) groups is 1. The lowest BCUT2D eigenvalue weighted by Gasteiger charge is -2.28. The van der Waals surface area contributed by atoms with E-state index in [4.69, 9.17) is 10.5 Å². The van der Waals surface area contributed by atoms with Gasteiger partial charge in [0.15, 0.2) is 0 Å². The first-order valence-electron chi connectivity index (χ1n) is 7.59. The molecule has 1 saturated carbocycles. The number of anilines is 1. The Kier molecular flexibility index (Phi) is 5.67. The Balaban J connectivity index is 1.82. The number of nitrogens with two attached hydrogens (primary N) is 1. The van der Waals surface area contributed by atoms with Gasteiger partial charge in [-0.05, 0) is 25.0 Å². The Labute approximate surface area is 126 Å². The average Bonchev–Trinajstić information content (AvgIpc) is 2.98. The van der Waals surface area contributed by atoms with Crippen LogP contribution in [0, 0.1) is 0 Å². The standard InChI is InChI=1S/C17H24N2O2/c1-2-11-19(15-7-3-4-8-15)17(20)10-12-21-16-9-5-6-14(18)13-16/h2,5-6,9,13,15H,1,3-4,7-8,10-12,18H2. The van der Waals surface area contributed by atoms with Gasteiger partial charge in [0, 0.05) is 24.3 Å². The van der Waals surface area contributed by atoms with Gasteiger partial charge < -0.3 is 15.4 Å². The molecule has 0 heterocycles. The summed E-state index contributed by atoms with van der Waals surface area (Å²) in [5.41, 5.74) is 6.36. The van der Waals surface area contributed by atoms with E-state index >= 15 is 0 Å². The Morgan fingerprint density at radius 2 is 2.19 bits per heavy atom. The van der Waals surface area contributed by atoms with E-state index in [0.717, 1.165) is 12.8 Å². The highest BCUT2D eigenvalue weighted by Crippen LogP contribution is 2.24. The second kappa shape index (κ2) is 7.72. The van der Waals surface area contributed by atoms with Gasteiger partial charge in [-0.3, -0.25) is 4.79 Å². The zero-order valence-electron chi connectivity index (χ0n) is 12.5. The molecule has 0 bridgehead atoms. The lowest BCUT2D eigenvalue weighted by atomic mass is 10.2. The molecule has 1 amide bonds. The molecular weight excluding hydrogens is 264 g/mol. The van der Waals surface area contributed by atoms with Crippen molar-refractivity contribution in [2.24, 2.45) is 0 Å². The molecule has 2 rings (SSSR count). The summed E-state index contributed by atoms with van der Waals surface area (Å²) in [6.45, 7) is 4.76. The van der Waals surface area contributed by atoms with E-state index in [-0.39, 0.29) is 5.91 Å². The summed E-state index contributed by atoms with van der Waals surface area (Å²) in [6.07, 6.45) is 6.83. The van der Waals surface area contributed by atoms with Crippen molar-refractivity contribution >= 4 is 11.6 Å². The van der Waals surface area contributed by atoms with Crippen LogP contribution in [0.5, 0.6) is 5.75 Å². The summed E-state index contributed by atoms with van der Waals surface area (Å²) in [5.74, 6) is 0.852. The summed E-state index contributed by atoms with van der Waals surface area (Å²) >= 11 is 0. The predicted molar refractivity (Wildman–Crippen MR) is 85.1 cm³/mol. The van der Waals surface area contributed by atoms with Crippen LogP contribution in [0.2, 0.25) is 0 Å². The van der Waals surface area contributed by atoms with Crippen LogP contribution >= 0.6 is 0 Å². The van der Waals surface area contributed by atoms with Gasteiger partial charge >= 0.3 is 0 Å². The molecule has 0 aromatic heterocycles. The summed E-state index contributed by atoms with van der Waals surface area (Å²) in [6, 6.07) is 7.64. The molecular formula is C17H24N2O2. The molecule has 4 heteroatoms. The molecule has 0 spiro atoms. The van der Waals surface area contributed by atoms with Crippen molar-refractivity contribution in [3.8, 4) is 5.75 Å². The number of carbonyl (C=O) groups excluding carboxylic acids is 1. The van der Waals surface area contributed by atoms with Crippen molar-refractivity contribution in [2.45, 2.75) is 38.1 Å². The molecule has 1 aromatic rings. The fraction of sp³-hybridized carbons (Fsp3) is 0.471. The van der Waals surface area contributed by atoms with E-state index < -0.39 is 0 Å². The number of hydrogen-bond acceptors (Lipinski definition) is 3. The van der Waals surface area contributed by atoms with Gasteiger partial charge in [0.25, 0.3) is 0 Å². The molecule has 21 heavy (non-hydrogen) atoms. The maximum Gasteiger partial charge on any atom is 0.226 e. The zero-order chi connectivity index (χ0) is 15.1. The summed E-state index contributed by atoms with van der Waals surface area (Å²) in [5, 5.41) is 0. The number of hydrogen-bond donors (Lipinski definition) is 1. The van der Waals surface area contributed by atoms with Crippen molar-refractivity contribution in [3.05, 3.63) is 36.9 Å². The second-order valence-corrected chi connectivity index (χ2v) is 5.44. The molecule has 0 saturated heterocycles. The highest BCUT2D eigenvalue weighted by atomic mass is 16.5. The molecule has 0 atom stereocenters. The SMILES string of the molecule is C=CCN(C(=O)CCOc1cccc(N)c1)C1CCCC1. The van der Waals surface area contributed by atoms with E-state index in [1.807, 2.05) is 23.1 Å². The van der Waals surface area contributed by atoms with Gasteiger partial charge in [-0.25, -0.2) is 0 Å². The highest BCUT2D eigenvalue weighted by molar-refractivity contribution is 5.76. The average molecular weight is 288 g/mol. The highest BCUT2D eigenvalue weighted by Gasteiger charge is 2.25. The summed E-state index contributed by atoms with van der Waals surface area (Å²) in [7, 11) is 0. The second-order valence-electron chi connectivity index (χ2n) is 5.44.